The Morgan fingerprint density at radius 1 is 0.829 bits per heavy atom. The molecule has 4 saturated carbocycles. The number of hydrogen-bond acceptors (Lipinski definition) is 3. The van der Waals surface area contributed by atoms with Crippen molar-refractivity contribution >= 4 is 27.5 Å². The van der Waals surface area contributed by atoms with E-state index in [9.17, 15) is 4.79 Å². The maximum Gasteiger partial charge on any atom is 0.308 e. The molecule has 184 valence electrons. The number of carbonyl (C=O) groups excluding carboxylic acids is 1. The van der Waals surface area contributed by atoms with Crippen LogP contribution in [0.3, 0.4) is 0 Å². The average Bonchev–Trinajstić information content (AvgIpc) is 2.84. The van der Waals surface area contributed by atoms with Crippen LogP contribution >= 0.6 is 0 Å². The topological polar surface area (TPSA) is 35.5 Å². The van der Waals surface area contributed by atoms with Crippen molar-refractivity contribution in [1.82, 2.24) is 0 Å². The second kappa shape index (κ2) is 8.62. The highest BCUT2D eigenvalue weighted by molar-refractivity contribution is 5.98. The summed E-state index contributed by atoms with van der Waals surface area (Å²) in [6.07, 6.45) is 5.82. The summed E-state index contributed by atoms with van der Waals surface area (Å²) in [5.41, 5.74) is 0.900. The predicted octanol–water partition coefficient (Wildman–Crippen LogP) is 7.64. The van der Waals surface area contributed by atoms with E-state index in [0.717, 1.165) is 32.1 Å². The number of benzene rings is 3. The summed E-state index contributed by atoms with van der Waals surface area (Å²) in [7, 11) is 0. The van der Waals surface area contributed by atoms with Gasteiger partial charge in [-0.2, -0.15) is 0 Å². The van der Waals surface area contributed by atoms with E-state index in [0.29, 0.717) is 29.8 Å². The van der Waals surface area contributed by atoms with E-state index in [2.05, 4.69) is 75.4 Å². The van der Waals surface area contributed by atoms with Gasteiger partial charge in [-0.15, -0.1) is 0 Å². The molecule has 4 aliphatic carbocycles. The lowest BCUT2D eigenvalue weighted by Gasteiger charge is -2.58. The molecule has 1 unspecified atom stereocenters. The lowest BCUT2D eigenvalue weighted by Crippen LogP contribution is -2.57. The third kappa shape index (κ3) is 4.06. The van der Waals surface area contributed by atoms with Crippen LogP contribution in [0.15, 0.2) is 54.6 Å². The Morgan fingerprint density at radius 3 is 1.97 bits per heavy atom. The lowest BCUT2D eigenvalue weighted by molar-refractivity contribution is -0.217. The fraction of sp³-hybridized carbons (Fsp3) is 0.531. The van der Waals surface area contributed by atoms with Crippen LogP contribution in [0.2, 0.25) is 0 Å². The van der Waals surface area contributed by atoms with Crippen LogP contribution in [-0.2, 0) is 19.9 Å². The number of esters is 1. The Labute approximate surface area is 209 Å². The maximum atomic E-state index is 12.5. The van der Waals surface area contributed by atoms with E-state index in [1.54, 1.807) is 0 Å². The van der Waals surface area contributed by atoms with Gasteiger partial charge >= 0.3 is 5.97 Å². The summed E-state index contributed by atoms with van der Waals surface area (Å²) in [5, 5.41) is 5.11. The van der Waals surface area contributed by atoms with Gasteiger partial charge in [0.05, 0.1) is 17.6 Å². The van der Waals surface area contributed by atoms with Gasteiger partial charge in [-0.1, -0.05) is 50.2 Å². The molecule has 0 radical (unpaired) electrons. The molecule has 0 heterocycles. The molecular weight excluding hydrogens is 432 g/mol. The van der Waals surface area contributed by atoms with Crippen LogP contribution in [-0.4, -0.2) is 18.2 Å². The molecule has 4 aliphatic rings. The molecule has 35 heavy (non-hydrogen) atoms. The van der Waals surface area contributed by atoms with Crippen molar-refractivity contribution in [2.45, 2.75) is 77.6 Å². The van der Waals surface area contributed by atoms with Gasteiger partial charge < -0.3 is 9.47 Å². The zero-order valence-electron chi connectivity index (χ0n) is 21.5. The van der Waals surface area contributed by atoms with Crippen molar-refractivity contribution < 1.29 is 14.3 Å². The molecule has 0 spiro atoms. The molecule has 0 amide bonds. The molecule has 3 heteroatoms. The molecule has 0 aromatic heterocycles. The number of carbonyl (C=O) groups is 1. The first kappa shape index (κ1) is 23.0. The molecule has 1 atom stereocenters. The Kier molecular flexibility index (Phi) is 5.67. The molecule has 0 saturated heterocycles. The van der Waals surface area contributed by atoms with Gasteiger partial charge in [-0.3, -0.25) is 4.79 Å². The second-order valence-electron chi connectivity index (χ2n) is 12.0. The van der Waals surface area contributed by atoms with Crippen LogP contribution in [0, 0.1) is 29.6 Å². The third-order valence-corrected chi connectivity index (χ3v) is 9.38. The first-order chi connectivity index (χ1) is 16.8. The number of rotatable bonds is 6. The van der Waals surface area contributed by atoms with Crippen molar-refractivity contribution in [3.05, 3.63) is 60.2 Å². The molecule has 7 rings (SSSR count). The molecule has 4 fully saturated rings. The fourth-order valence-corrected chi connectivity index (χ4v) is 7.31. The van der Waals surface area contributed by atoms with Gasteiger partial charge in [0.15, 0.2) is 0 Å². The van der Waals surface area contributed by atoms with E-state index < -0.39 is 0 Å². The first-order valence-electron chi connectivity index (χ1n) is 13.6. The highest BCUT2D eigenvalue weighted by atomic mass is 16.5. The minimum atomic E-state index is -0.345. The van der Waals surface area contributed by atoms with Crippen LogP contribution in [0.25, 0.3) is 21.5 Å². The first-order valence-corrected chi connectivity index (χ1v) is 13.6. The maximum absolute atomic E-state index is 12.5. The van der Waals surface area contributed by atoms with Crippen molar-refractivity contribution in [3.63, 3.8) is 0 Å². The van der Waals surface area contributed by atoms with Gasteiger partial charge in [-0.25, -0.2) is 0 Å². The van der Waals surface area contributed by atoms with E-state index in [1.807, 2.05) is 6.92 Å². The molecule has 3 aromatic rings. The van der Waals surface area contributed by atoms with Gasteiger partial charge in [0, 0.05) is 0 Å². The molecular formula is C32H38O3. The minimum Gasteiger partial charge on any atom is -0.462 e. The zero-order chi connectivity index (χ0) is 24.3. The Bertz CT molecular complexity index is 1230. The minimum absolute atomic E-state index is 0.00277. The largest absolute Gasteiger partial charge is 0.462 e. The SMILES string of the molecule is CCC(C)C(=O)OC1C2CC3CC1CC(C2)C3OC(C)(C)c1ccc2cc3ccccc3cc2c1. The molecule has 3 aromatic carbocycles. The molecule has 3 nitrogen and oxygen atoms in total. The van der Waals surface area contributed by atoms with E-state index >= 15 is 0 Å². The second-order valence-corrected chi connectivity index (χ2v) is 12.0. The highest BCUT2D eigenvalue weighted by Gasteiger charge is 2.55. The molecule has 4 bridgehead atoms. The number of ether oxygens (including phenoxy) is 2. The van der Waals surface area contributed by atoms with Crippen molar-refractivity contribution in [3.8, 4) is 0 Å². The Balaban J connectivity index is 1.19. The Morgan fingerprint density at radius 2 is 1.37 bits per heavy atom. The summed E-state index contributed by atoms with van der Waals surface area (Å²) in [4.78, 5) is 12.5. The van der Waals surface area contributed by atoms with Crippen molar-refractivity contribution in [2.24, 2.45) is 29.6 Å². The summed E-state index contributed by atoms with van der Waals surface area (Å²) >= 11 is 0. The average molecular weight is 471 g/mol. The smallest absolute Gasteiger partial charge is 0.308 e. The summed E-state index contributed by atoms with van der Waals surface area (Å²) < 4.78 is 13.1. The standard InChI is InChI=1S/C32H38O3/c1-5-19(2)31(33)34-29-24-14-26-16-25(29)17-27(15-24)30(26)35-32(3,4)28-11-10-22-12-20-8-6-7-9-21(20)13-23(22)18-28/h6-13,18-19,24-27,29-30H,5,14-17H2,1-4H3. The number of fused-ring (bicyclic) bond motifs is 2. The fourth-order valence-electron chi connectivity index (χ4n) is 7.31. The van der Waals surface area contributed by atoms with Gasteiger partial charge in [0.25, 0.3) is 0 Å². The summed E-state index contributed by atoms with van der Waals surface area (Å²) in [6, 6.07) is 20.0. The van der Waals surface area contributed by atoms with Crippen LogP contribution in [0.4, 0.5) is 0 Å². The summed E-state index contributed by atoms with van der Waals surface area (Å²) in [5.74, 6) is 2.20. The van der Waals surface area contributed by atoms with Crippen molar-refractivity contribution in [1.29, 1.82) is 0 Å². The zero-order valence-corrected chi connectivity index (χ0v) is 21.5. The third-order valence-electron chi connectivity index (χ3n) is 9.38. The van der Waals surface area contributed by atoms with Crippen LogP contribution in [0.1, 0.15) is 65.4 Å². The highest BCUT2D eigenvalue weighted by Crippen LogP contribution is 2.56. The number of hydrogen-bond donors (Lipinski definition) is 0. The van der Waals surface area contributed by atoms with Gasteiger partial charge in [-0.05, 0) is 115 Å². The van der Waals surface area contributed by atoms with E-state index in [4.69, 9.17) is 9.47 Å². The van der Waals surface area contributed by atoms with Crippen molar-refractivity contribution in [2.75, 3.05) is 0 Å². The Hall–Kier alpha value is -2.39. The molecule has 0 aliphatic heterocycles. The summed E-state index contributed by atoms with van der Waals surface area (Å²) in [6.45, 7) is 8.51. The molecule has 0 N–H and O–H groups in total. The predicted molar refractivity (Wildman–Crippen MR) is 141 cm³/mol. The van der Waals surface area contributed by atoms with E-state index in [1.165, 1.54) is 27.1 Å². The van der Waals surface area contributed by atoms with Crippen LogP contribution in [0.5, 0.6) is 0 Å². The van der Waals surface area contributed by atoms with E-state index in [-0.39, 0.29) is 23.6 Å². The van der Waals surface area contributed by atoms with Gasteiger partial charge in [0.2, 0.25) is 0 Å². The lowest BCUT2D eigenvalue weighted by atomic mass is 9.53. The van der Waals surface area contributed by atoms with Gasteiger partial charge in [0.1, 0.15) is 6.10 Å². The monoisotopic (exact) mass is 470 g/mol. The quantitative estimate of drug-likeness (QED) is 0.274. The normalized spacial score (nSPS) is 30.6. The van der Waals surface area contributed by atoms with Crippen LogP contribution < -0.4 is 0 Å².